The average Bonchev–Trinajstić information content (AvgIpc) is 2.64. The van der Waals surface area contributed by atoms with Crippen LogP contribution >= 0.6 is 11.6 Å². The van der Waals surface area contributed by atoms with Crippen LogP contribution in [-0.4, -0.2) is 40.4 Å². The normalized spacial score (nSPS) is 15.9. The van der Waals surface area contributed by atoms with Gasteiger partial charge in [-0.05, 0) is 18.4 Å². The van der Waals surface area contributed by atoms with Gasteiger partial charge in [0.25, 0.3) is 5.56 Å². The first kappa shape index (κ1) is 17.7. The van der Waals surface area contributed by atoms with Crippen molar-refractivity contribution in [1.29, 1.82) is 0 Å². The highest BCUT2D eigenvalue weighted by molar-refractivity contribution is 6.32. The third kappa shape index (κ3) is 4.50. The topological polar surface area (TPSA) is 50.2 Å². The molecular weight excluding hydrogens is 336 g/mol. The maximum atomic E-state index is 12.5. The van der Waals surface area contributed by atoms with E-state index in [-0.39, 0.29) is 10.6 Å². The molecule has 25 heavy (non-hydrogen) atoms. The van der Waals surface area contributed by atoms with E-state index in [9.17, 15) is 4.79 Å². The lowest BCUT2D eigenvalue weighted by Gasteiger charge is -2.32. The van der Waals surface area contributed by atoms with Crippen LogP contribution in [0.2, 0.25) is 5.02 Å². The summed E-state index contributed by atoms with van der Waals surface area (Å²) in [6.45, 7) is 7.15. The molecule has 3 rings (SSSR count). The highest BCUT2D eigenvalue weighted by Crippen LogP contribution is 2.20. The molecule has 1 aromatic carbocycles. The molecule has 1 aromatic heterocycles. The fraction of sp³-hybridized carbons (Fsp3) is 0.368. The molecule has 6 heteroatoms. The fourth-order valence-corrected chi connectivity index (χ4v) is 3.30. The number of halogens is 1. The molecule has 0 saturated carbocycles. The van der Waals surface area contributed by atoms with E-state index in [2.05, 4.69) is 21.9 Å². The number of anilines is 1. The van der Waals surface area contributed by atoms with Gasteiger partial charge in [0.1, 0.15) is 5.02 Å². The Bertz CT molecular complexity index is 767. The van der Waals surface area contributed by atoms with E-state index < -0.39 is 0 Å². The number of hydrogen-bond donors (Lipinski definition) is 1. The second-order valence-corrected chi connectivity index (χ2v) is 6.71. The zero-order valence-corrected chi connectivity index (χ0v) is 15.0. The monoisotopic (exact) mass is 358 g/mol. The van der Waals surface area contributed by atoms with Gasteiger partial charge in [-0.3, -0.25) is 9.69 Å². The number of rotatable bonds is 6. The number of hydrogen-bond acceptors (Lipinski definition) is 4. The first-order valence-electron chi connectivity index (χ1n) is 8.56. The zero-order chi connectivity index (χ0) is 17.6. The Kier molecular flexibility index (Phi) is 5.89. The van der Waals surface area contributed by atoms with Gasteiger partial charge in [-0.2, -0.15) is 5.10 Å². The van der Waals surface area contributed by atoms with E-state index in [1.165, 1.54) is 4.68 Å². The van der Waals surface area contributed by atoms with Crippen LogP contribution in [0.15, 0.2) is 54.0 Å². The smallest absolute Gasteiger partial charge is 0.287 e. The number of likely N-dealkylation sites (tertiary alicyclic amines) is 1. The van der Waals surface area contributed by atoms with E-state index >= 15 is 0 Å². The Hall–Kier alpha value is -2.11. The summed E-state index contributed by atoms with van der Waals surface area (Å²) in [5, 5.41) is 7.87. The molecular formula is C19H23ClN4O. The second kappa shape index (κ2) is 8.32. The Balaban J connectivity index is 1.66. The largest absolute Gasteiger partial charge is 0.380 e. The second-order valence-electron chi connectivity index (χ2n) is 6.33. The van der Waals surface area contributed by atoms with Gasteiger partial charge in [0.05, 0.1) is 18.4 Å². The lowest BCUT2D eigenvalue weighted by Crippen LogP contribution is -2.39. The summed E-state index contributed by atoms with van der Waals surface area (Å²) in [5.74, 6) is 0. The van der Waals surface area contributed by atoms with E-state index in [0.717, 1.165) is 38.0 Å². The van der Waals surface area contributed by atoms with Gasteiger partial charge in [-0.15, -0.1) is 6.58 Å². The molecule has 0 radical (unpaired) electrons. The van der Waals surface area contributed by atoms with E-state index in [0.29, 0.717) is 18.3 Å². The number of piperidine rings is 1. The van der Waals surface area contributed by atoms with Crippen molar-refractivity contribution in [3.8, 4) is 0 Å². The predicted octanol–water partition coefficient (Wildman–Crippen LogP) is 3.01. The van der Waals surface area contributed by atoms with Crippen molar-refractivity contribution in [1.82, 2.24) is 14.7 Å². The van der Waals surface area contributed by atoms with Crippen molar-refractivity contribution in [2.45, 2.75) is 25.4 Å². The average molecular weight is 359 g/mol. The van der Waals surface area contributed by atoms with Crippen LogP contribution in [0, 0.1) is 0 Å². The molecule has 132 valence electrons. The van der Waals surface area contributed by atoms with Crippen molar-refractivity contribution < 1.29 is 0 Å². The minimum absolute atomic E-state index is 0.208. The van der Waals surface area contributed by atoms with Crippen molar-refractivity contribution in [2.24, 2.45) is 0 Å². The molecule has 2 heterocycles. The maximum absolute atomic E-state index is 12.5. The number of benzene rings is 1. The van der Waals surface area contributed by atoms with Crippen LogP contribution in [0.1, 0.15) is 18.4 Å². The van der Waals surface area contributed by atoms with E-state index in [4.69, 9.17) is 11.6 Å². The Labute approximate surface area is 152 Å². The molecule has 0 unspecified atom stereocenters. The molecule has 1 N–H and O–H groups in total. The van der Waals surface area contributed by atoms with Crippen molar-refractivity contribution in [3.63, 3.8) is 0 Å². The van der Waals surface area contributed by atoms with Gasteiger partial charge in [0, 0.05) is 25.7 Å². The van der Waals surface area contributed by atoms with Crippen molar-refractivity contribution >= 4 is 17.3 Å². The summed E-state index contributed by atoms with van der Waals surface area (Å²) in [6, 6.07) is 10.1. The maximum Gasteiger partial charge on any atom is 0.287 e. The minimum atomic E-state index is -0.264. The Morgan fingerprint density at radius 2 is 2.00 bits per heavy atom. The van der Waals surface area contributed by atoms with E-state index in [1.54, 1.807) is 6.20 Å². The molecule has 1 saturated heterocycles. The first-order valence-corrected chi connectivity index (χ1v) is 8.94. The van der Waals surface area contributed by atoms with Gasteiger partial charge < -0.3 is 5.32 Å². The Morgan fingerprint density at radius 3 is 2.68 bits per heavy atom. The molecule has 1 aliphatic heterocycles. The lowest BCUT2D eigenvalue weighted by molar-refractivity contribution is 0.240. The molecule has 2 aromatic rings. The summed E-state index contributed by atoms with van der Waals surface area (Å²) in [6.07, 6.45) is 5.61. The van der Waals surface area contributed by atoms with Crippen LogP contribution in [0.5, 0.6) is 0 Å². The van der Waals surface area contributed by atoms with Crippen LogP contribution in [0.25, 0.3) is 0 Å². The molecule has 0 amide bonds. The van der Waals surface area contributed by atoms with Crippen molar-refractivity contribution in [2.75, 3.05) is 25.0 Å². The summed E-state index contributed by atoms with van der Waals surface area (Å²) >= 11 is 6.30. The standard InChI is InChI=1S/C19H23ClN4O/c1-2-10-23-11-8-16(9-12-23)22-17-13-21-24(19(25)18(17)20)14-15-6-4-3-5-7-15/h2-7,13,16,22H,1,8-12,14H2. The summed E-state index contributed by atoms with van der Waals surface area (Å²) < 4.78 is 1.40. The highest BCUT2D eigenvalue weighted by Gasteiger charge is 2.20. The van der Waals surface area contributed by atoms with Crippen LogP contribution < -0.4 is 10.9 Å². The van der Waals surface area contributed by atoms with Gasteiger partial charge in [-0.25, -0.2) is 4.68 Å². The summed E-state index contributed by atoms with van der Waals surface area (Å²) in [5.41, 5.74) is 1.38. The van der Waals surface area contributed by atoms with Gasteiger partial charge in [0.2, 0.25) is 0 Å². The van der Waals surface area contributed by atoms with Crippen LogP contribution in [0.4, 0.5) is 5.69 Å². The molecule has 0 spiro atoms. The van der Waals surface area contributed by atoms with Gasteiger partial charge >= 0.3 is 0 Å². The SMILES string of the molecule is C=CCN1CCC(Nc2cnn(Cc3ccccc3)c(=O)c2Cl)CC1. The molecule has 0 aliphatic carbocycles. The first-order chi connectivity index (χ1) is 12.2. The van der Waals surface area contributed by atoms with Crippen molar-refractivity contribution in [3.05, 3.63) is 70.1 Å². The van der Waals surface area contributed by atoms with Gasteiger partial charge in [-0.1, -0.05) is 48.0 Å². The lowest BCUT2D eigenvalue weighted by atomic mass is 10.0. The summed E-state index contributed by atoms with van der Waals surface area (Å²) in [4.78, 5) is 14.8. The molecule has 1 aliphatic rings. The molecule has 0 bridgehead atoms. The number of aromatic nitrogens is 2. The Morgan fingerprint density at radius 1 is 1.28 bits per heavy atom. The quantitative estimate of drug-likeness (QED) is 0.806. The summed E-state index contributed by atoms with van der Waals surface area (Å²) in [7, 11) is 0. The van der Waals surface area contributed by atoms with Crippen LogP contribution in [-0.2, 0) is 6.54 Å². The molecule has 0 atom stereocenters. The zero-order valence-electron chi connectivity index (χ0n) is 14.2. The van der Waals surface area contributed by atoms with Crippen LogP contribution in [0.3, 0.4) is 0 Å². The number of nitrogens with zero attached hydrogens (tertiary/aromatic N) is 3. The third-order valence-electron chi connectivity index (χ3n) is 4.49. The molecule has 1 fully saturated rings. The predicted molar refractivity (Wildman–Crippen MR) is 102 cm³/mol. The number of nitrogens with one attached hydrogen (secondary N) is 1. The van der Waals surface area contributed by atoms with E-state index in [1.807, 2.05) is 36.4 Å². The highest BCUT2D eigenvalue weighted by atomic mass is 35.5. The third-order valence-corrected chi connectivity index (χ3v) is 4.86. The van der Waals surface area contributed by atoms with Gasteiger partial charge in [0.15, 0.2) is 0 Å². The molecule has 5 nitrogen and oxygen atoms in total. The fourth-order valence-electron chi connectivity index (χ4n) is 3.10. The minimum Gasteiger partial charge on any atom is -0.380 e.